The van der Waals surface area contributed by atoms with E-state index in [1.807, 2.05) is 30.3 Å². The molecule has 0 saturated carbocycles. The minimum absolute atomic E-state index is 0.0169. The van der Waals surface area contributed by atoms with Crippen LogP contribution in [0.25, 0.3) is 0 Å². The number of nitrogens with zero attached hydrogens (tertiary/aromatic N) is 2. The van der Waals surface area contributed by atoms with E-state index in [0.29, 0.717) is 24.5 Å². The third-order valence-corrected chi connectivity index (χ3v) is 6.53. The van der Waals surface area contributed by atoms with Crippen molar-refractivity contribution in [3.8, 4) is 5.75 Å². The summed E-state index contributed by atoms with van der Waals surface area (Å²) < 4.78 is 33.3. The molecule has 0 atom stereocenters. The molecule has 0 bridgehead atoms. The maximum absolute atomic E-state index is 14.0. The second kappa shape index (κ2) is 10.9. The molecule has 0 radical (unpaired) electrons. The van der Waals surface area contributed by atoms with Crippen LogP contribution in [0, 0.1) is 11.6 Å². The van der Waals surface area contributed by atoms with Crippen LogP contribution in [-0.4, -0.2) is 41.9 Å². The molecule has 4 rings (SSSR count). The molecule has 2 aromatic carbocycles. The zero-order valence-electron chi connectivity index (χ0n) is 19.1. The Hall–Kier alpha value is -3.33. The topological polar surface area (TPSA) is 71.5 Å². The van der Waals surface area contributed by atoms with Crippen molar-refractivity contribution in [1.82, 2.24) is 9.88 Å². The molecule has 2 heterocycles. The van der Waals surface area contributed by atoms with Crippen LogP contribution in [0.1, 0.15) is 40.4 Å². The first-order valence-corrected chi connectivity index (χ1v) is 12.0. The molecule has 1 aliphatic heterocycles. The molecule has 9 heteroatoms. The summed E-state index contributed by atoms with van der Waals surface area (Å²) in [5.41, 5.74) is 2.52. The Morgan fingerprint density at radius 2 is 1.80 bits per heavy atom. The molecular formula is C26H24BrF2N3O3. The molecular weight excluding hydrogens is 520 g/mol. The highest BCUT2D eigenvalue weighted by Gasteiger charge is 2.28. The summed E-state index contributed by atoms with van der Waals surface area (Å²) in [7, 11) is 1.21. The molecule has 1 aromatic heterocycles. The van der Waals surface area contributed by atoms with Gasteiger partial charge in [0.25, 0.3) is 5.91 Å². The third kappa shape index (κ3) is 5.85. The lowest BCUT2D eigenvalue weighted by Crippen LogP contribution is -2.38. The Balaban J connectivity index is 1.32. The van der Waals surface area contributed by atoms with E-state index in [1.165, 1.54) is 13.2 Å². The van der Waals surface area contributed by atoms with Gasteiger partial charge >= 0.3 is 0 Å². The van der Waals surface area contributed by atoms with Crippen LogP contribution in [0.3, 0.4) is 0 Å². The quantitative estimate of drug-likeness (QED) is 0.456. The standard InChI is InChI=1S/C26H24BrF2N3O3/c1-35-25-21(8-9-22(28)24(25)29)26(34)32-12-10-17(11-13-32)16-2-5-19(6-3-16)31-23(33)14-20-7-4-18(27)15-30-20/h2-9,15,17H,10-14H2,1H3,(H,31,33). The van der Waals surface area contributed by atoms with Crippen molar-refractivity contribution in [2.24, 2.45) is 0 Å². The van der Waals surface area contributed by atoms with Gasteiger partial charge in [0.1, 0.15) is 0 Å². The van der Waals surface area contributed by atoms with Crippen LogP contribution in [0.5, 0.6) is 5.75 Å². The van der Waals surface area contributed by atoms with Gasteiger partial charge in [0.2, 0.25) is 11.7 Å². The summed E-state index contributed by atoms with van der Waals surface area (Å²) >= 11 is 3.32. The smallest absolute Gasteiger partial charge is 0.257 e. The fourth-order valence-corrected chi connectivity index (χ4v) is 4.44. The van der Waals surface area contributed by atoms with Gasteiger partial charge in [-0.15, -0.1) is 0 Å². The molecule has 1 fully saturated rings. The highest BCUT2D eigenvalue weighted by atomic mass is 79.9. The minimum atomic E-state index is -1.16. The molecule has 1 aliphatic rings. The molecule has 3 aromatic rings. The summed E-state index contributed by atoms with van der Waals surface area (Å²) in [6, 6.07) is 13.5. The Labute approximate surface area is 210 Å². The van der Waals surface area contributed by atoms with E-state index in [2.05, 4.69) is 26.2 Å². The number of ether oxygens (including phenoxy) is 1. The van der Waals surface area contributed by atoms with Gasteiger partial charge in [-0.3, -0.25) is 14.6 Å². The summed E-state index contributed by atoms with van der Waals surface area (Å²) in [5, 5.41) is 2.88. The van der Waals surface area contributed by atoms with Crippen LogP contribution < -0.4 is 10.1 Å². The predicted octanol–water partition coefficient (Wildman–Crippen LogP) is 5.33. The van der Waals surface area contributed by atoms with E-state index in [4.69, 9.17) is 4.74 Å². The molecule has 35 heavy (non-hydrogen) atoms. The molecule has 0 unspecified atom stereocenters. The number of carbonyl (C=O) groups is 2. The number of halogens is 3. The van der Waals surface area contributed by atoms with Gasteiger partial charge < -0.3 is 15.0 Å². The Morgan fingerprint density at radius 1 is 1.09 bits per heavy atom. The maximum atomic E-state index is 14.0. The number of likely N-dealkylation sites (tertiary alicyclic amines) is 1. The lowest BCUT2D eigenvalue weighted by molar-refractivity contribution is -0.115. The molecule has 2 amide bonds. The Morgan fingerprint density at radius 3 is 2.43 bits per heavy atom. The molecule has 0 aliphatic carbocycles. The zero-order chi connectivity index (χ0) is 24.9. The number of aromatic nitrogens is 1. The summed E-state index contributed by atoms with van der Waals surface area (Å²) in [4.78, 5) is 31.0. The third-order valence-electron chi connectivity index (χ3n) is 6.06. The van der Waals surface area contributed by atoms with Crippen LogP contribution in [-0.2, 0) is 11.2 Å². The first-order chi connectivity index (χ1) is 16.9. The van der Waals surface area contributed by atoms with Gasteiger partial charge in [0.05, 0.1) is 19.1 Å². The average molecular weight is 544 g/mol. The Bertz CT molecular complexity index is 1210. The van der Waals surface area contributed by atoms with E-state index in [1.54, 1.807) is 17.2 Å². The second-order valence-electron chi connectivity index (χ2n) is 8.32. The molecule has 0 spiro atoms. The summed E-state index contributed by atoms with van der Waals surface area (Å²) in [5.74, 6) is -2.85. The van der Waals surface area contributed by atoms with E-state index in [-0.39, 0.29) is 35.5 Å². The van der Waals surface area contributed by atoms with Crippen molar-refractivity contribution in [2.45, 2.75) is 25.2 Å². The molecule has 182 valence electrons. The summed E-state index contributed by atoms with van der Waals surface area (Å²) in [6.45, 7) is 0.981. The predicted molar refractivity (Wildman–Crippen MR) is 132 cm³/mol. The number of carbonyl (C=O) groups excluding carboxylic acids is 2. The van der Waals surface area contributed by atoms with Crippen molar-refractivity contribution in [3.63, 3.8) is 0 Å². The van der Waals surface area contributed by atoms with Crippen LogP contribution in [0.2, 0.25) is 0 Å². The first kappa shape index (κ1) is 24.8. The fourth-order valence-electron chi connectivity index (χ4n) is 4.21. The maximum Gasteiger partial charge on any atom is 0.257 e. The second-order valence-corrected chi connectivity index (χ2v) is 9.24. The van der Waals surface area contributed by atoms with Crippen molar-refractivity contribution < 1.29 is 23.1 Å². The highest BCUT2D eigenvalue weighted by molar-refractivity contribution is 9.10. The molecule has 6 nitrogen and oxygen atoms in total. The number of piperidine rings is 1. The fraction of sp³-hybridized carbons (Fsp3) is 0.269. The van der Waals surface area contributed by atoms with Crippen molar-refractivity contribution in [1.29, 1.82) is 0 Å². The number of methoxy groups -OCH3 is 1. The highest BCUT2D eigenvalue weighted by Crippen LogP contribution is 2.31. The normalized spacial score (nSPS) is 14.0. The van der Waals surface area contributed by atoms with E-state index in [9.17, 15) is 18.4 Å². The van der Waals surface area contributed by atoms with Gasteiger partial charge in [-0.1, -0.05) is 12.1 Å². The summed E-state index contributed by atoms with van der Waals surface area (Å²) in [6.07, 6.45) is 3.31. The van der Waals surface area contributed by atoms with Crippen molar-refractivity contribution in [3.05, 3.63) is 87.7 Å². The monoisotopic (exact) mass is 543 g/mol. The minimum Gasteiger partial charge on any atom is -0.493 e. The van der Waals surface area contributed by atoms with Gasteiger partial charge in [-0.05, 0) is 76.7 Å². The number of nitrogens with one attached hydrogen (secondary N) is 1. The Kier molecular flexibility index (Phi) is 7.75. The van der Waals surface area contributed by atoms with Gasteiger partial charge in [0, 0.05) is 35.1 Å². The van der Waals surface area contributed by atoms with Crippen molar-refractivity contribution in [2.75, 3.05) is 25.5 Å². The average Bonchev–Trinajstić information content (AvgIpc) is 2.87. The molecule has 1 N–H and O–H groups in total. The number of amides is 2. The van der Waals surface area contributed by atoms with E-state index < -0.39 is 11.6 Å². The van der Waals surface area contributed by atoms with E-state index >= 15 is 0 Å². The van der Waals surface area contributed by atoms with Gasteiger partial charge in [-0.25, -0.2) is 4.39 Å². The van der Waals surface area contributed by atoms with Crippen LogP contribution >= 0.6 is 15.9 Å². The lowest BCUT2D eigenvalue weighted by Gasteiger charge is -2.32. The largest absolute Gasteiger partial charge is 0.493 e. The number of hydrogen-bond acceptors (Lipinski definition) is 4. The van der Waals surface area contributed by atoms with E-state index in [0.717, 1.165) is 28.9 Å². The number of anilines is 1. The number of benzene rings is 2. The number of pyridine rings is 1. The zero-order valence-corrected chi connectivity index (χ0v) is 20.6. The number of hydrogen-bond donors (Lipinski definition) is 1. The SMILES string of the molecule is COc1c(C(=O)N2CCC(c3ccc(NC(=O)Cc4ccc(Br)cn4)cc3)CC2)ccc(F)c1F. The van der Waals surface area contributed by atoms with Crippen LogP contribution in [0.15, 0.2) is 59.2 Å². The first-order valence-electron chi connectivity index (χ1n) is 11.2. The van der Waals surface area contributed by atoms with Gasteiger partial charge in [0.15, 0.2) is 11.6 Å². The lowest BCUT2D eigenvalue weighted by atomic mass is 9.89. The van der Waals surface area contributed by atoms with Crippen molar-refractivity contribution >= 4 is 33.4 Å². The number of rotatable bonds is 6. The van der Waals surface area contributed by atoms with Crippen LogP contribution in [0.4, 0.5) is 14.5 Å². The molecule has 1 saturated heterocycles. The van der Waals surface area contributed by atoms with Gasteiger partial charge in [-0.2, -0.15) is 4.39 Å².